The smallest absolute Gasteiger partial charge is 0.348 e. The molecule has 0 fully saturated rings. The van der Waals surface area contributed by atoms with Crippen molar-refractivity contribution < 1.29 is 24.2 Å². The molecule has 0 saturated heterocycles. The molecule has 0 atom stereocenters. The van der Waals surface area contributed by atoms with E-state index in [0.717, 1.165) is 11.3 Å². The van der Waals surface area contributed by atoms with Gasteiger partial charge in [0.15, 0.2) is 0 Å². The number of carbonyl (C=O) groups excluding carboxylic acids is 3. The number of primary amides is 1. The van der Waals surface area contributed by atoms with Crippen molar-refractivity contribution in [3.63, 3.8) is 0 Å². The van der Waals surface area contributed by atoms with Crippen molar-refractivity contribution >= 4 is 34.1 Å². The number of thiophene rings is 1. The van der Waals surface area contributed by atoms with E-state index in [1.54, 1.807) is 13.8 Å². The van der Waals surface area contributed by atoms with Gasteiger partial charge in [-0.3, -0.25) is 9.59 Å². The Morgan fingerprint density at radius 2 is 2.05 bits per heavy atom. The Labute approximate surface area is 126 Å². The average Bonchev–Trinajstić information content (AvgIpc) is 2.73. The van der Waals surface area contributed by atoms with E-state index >= 15 is 0 Å². The minimum atomic E-state index is -0.725. The van der Waals surface area contributed by atoms with E-state index in [1.165, 1.54) is 0 Å². The predicted octanol–water partition coefficient (Wildman–Crippen LogP) is 1.04. The second-order valence-electron chi connectivity index (χ2n) is 4.22. The molecule has 1 aromatic heterocycles. The van der Waals surface area contributed by atoms with Crippen LogP contribution in [0.1, 0.15) is 45.4 Å². The Morgan fingerprint density at radius 1 is 1.38 bits per heavy atom. The molecule has 8 heteroatoms. The van der Waals surface area contributed by atoms with Gasteiger partial charge in [0.25, 0.3) is 5.91 Å². The summed E-state index contributed by atoms with van der Waals surface area (Å²) in [4.78, 5) is 35.2. The highest BCUT2D eigenvalue weighted by Gasteiger charge is 2.24. The van der Waals surface area contributed by atoms with Crippen molar-refractivity contribution in [1.29, 1.82) is 0 Å². The van der Waals surface area contributed by atoms with Crippen LogP contribution in [0, 0.1) is 6.92 Å². The van der Waals surface area contributed by atoms with Crippen LogP contribution in [-0.2, 0) is 9.53 Å². The monoisotopic (exact) mass is 314 g/mol. The Balaban J connectivity index is 3.07. The number of aliphatic hydroxyl groups excluding tert-OH is 1. The van der Waals surface area contributed by atoms with E-state index in [9.17, 15) is 14.4 Å². The van der Waals surface area contributed by atoms with Crippen LogP contribution in [0.4, 0.5) is 5.00 Å². The number of ether oxygens (including phenoxy) is 1. The lowest BCUT2D eigenvalue weighted by molar-refractivity contribution is -0.116. The van der Waals surface area contributed by atoms with Crippen LogP contribution in [-0.4, -0.2) is 36.1 Å². The van der Waals surface area contributed by atoms with Gasteiger partial charge in [-0.15, -0.1) is 11.3 Å². The highest BCUT2D eigenvalue weighted by atomic mass is 32.1. The number of aliphatic hydroxyl groups is 1. The van der Waals surface area contributed by atoms with Crippen molar-refractivity contribution in [2.24, 2.45) is 5.73 Å². The van der Waals surface area contributed by atoms with Crippen molar-refractivity contribution in [2.45, 2.75) is 26.7 Å². The molecular weight excluding hydrogens is 296 g/mol. The molecule has 0 unspecified atom stereocenters. The average molecular weight is 314 g/mol. The third kappa shape index (κ3) is 4.27. The molecule has 21 heavy (non-hydrogen) atoms. The van der Waals surface area contributed by atoms with E-state index in [1.807, 2.05) is 0 Å². The maximum Gasteiger partial charge on any atom is 0.348 e. The minimum Gasteiger partial charge on any atom is -0.462 e. The standard InChI is InChI=1S/C13H18N2O5S/c1-3-20-13(19)10-7(2)9(11(14)18)12(21-10)15-8(17)5-4-6-16/h16H,3-6H2,1-2H3,(H2,14,18)(H,15,17). The van der Waals surface area contributed by atoms with E-state index in [0.29, 0.717) is 12.0 Å². The number of anilines is 1. The molecule has 7 nitrogen and oxygen atoms in total. The normalized spacial score (nSPS) is 10.2. The molecule has 0 radical (unpaired) electrons. The van der Waals surface area contributed by atoms with Crippen molar-refractivity contribution in [3.05, 3.63) is 16.0 Å². The van der Waals surface area contributed by atoms with Crippen LogP contribution >= 0.6 is 11.3 Å². The predicted molar refractivity (Wildman–Crippen MR) is 78.5 cm³/mol. The zero-order valence-corrected chi connectivity index (χ0v) is 12.7. The van der Waals surface area contributed by atoms with E-state index in [4.69, 9.17) is 15.6 Å². The van der Waals surface area contributed by atoms with E-state index in [2.05, 4.69) is 5.32 Å². The van der Waals surface area contributed by atoms with Gasteiger partial charge in [-0.05, 0) is 25.8 Å². The number of carbonyl (C=O) groups is 3. The number of hydrogen-bond acceptors (Lipinski definition) is 6. The Hall–Kier alpha value is -1.93. The molecule has 0 aromatic carbocycles. The van der Waals surface area contributed by atoms with Gasteiger partial charge in [0, 0.05) is 13.0 Å². The number of rotatable bonds is 7. The number of nitrogens with one attached hydrogen (secondary N) is 1. The number of hydrogen-bond donors (Lipinski definition) is 3. The second-order valence-corrected chi connectivity index (χ2v) is 5.24. The Kier molecular flexibility index (Phi) is 6.32. The summed E-state index contributed by atoms with van der Waals surface area (Å²) in [5.74, 6) is -1.64. The maximum absolute atomic E-state index is 11.8. The van der Waals surface area contributed by atoms with Crippen molar-refractivity contribution in [3.8, 4) is 0 Å². The van der Waals surface area contributed by atoms with Crippen LogP contribution in [0.15, 0.2) is 0 Å². The first-order valence-corrected chi connectivity index (χ1v) is 7.25. The minimum absolute atomic E-state index is 0.104. The molecule has 0 aliphatic heterocycles. The van der Waals surface area contributed by atoms with Gasteiger partial charge in [0.2, 0.25) is 5.91 Å². The first-order valence-electron chi connectivity index (χ1n) is 6.43. The lowest BCUT2D eigenvalue weighted by atomic mass is 10.1. The van der Waals surface area contributed by atoms with Gasteiger partial charge in [-0.25, -0.2) is 4.79 Å². The van der Waals surface area contributed by atoms with Crippen LogP contribution in [0.2, 0.25) is 0 Å². The van der Waals surface area contributed by atoms with Gasteiger partial charge in [-0.1, -0.05) is 0 Å². The summed E-state index contributed by atoms with van der Waals surface area (Å²) in [6.45, 7) is 3.35. The third-order valence-corrected chi connectivity index (χ3v) is 3.86. The van der Waals surface area contributed by atoms with Crippen LogP contribution in [0.5, 0.6) is 0 Å². The van der Waals surface area contributed by atoms with Crippen LogP contribution in [0.25, 0.3) is 0 Å². The maximum atomic E-state index is 11.8. The fraction of sp³-hybridized carbons (Fsp3) is 0.462. The van der Waals surface area contributed by atoms with Crippen molar-refractivity contribution in [2.75, 3.05) is 18.5 Å². The second kappa shape index (κ2) is 7.75. The van der Waals surface area contributed by atoms with Gasteiger partial charge >= 0.3 is 5.97 Å². The van der Waals surface area contributed by atoms with Gasteiger partial charge in [0.05, 0.1) is 12.2 Å². The SMILES string of the molecule is CCOC(=O)c1sc(NC(=O)CCCO)c(C(N)=O)c1C. The van der Waals surface area contributed by atoms with E-state index in [-0.39, 0.29) is 41.0 Å². The number of esters is 1. The summed E-state index contributed by atoms with van der Waals surface area (Å²) in [7, 11) is 0. The lowest BCUT2D eigenvalue weighted by Gasteiger charge is -2.04. The Morgan fingerprint density at radius 3 is 2.57 bits per heavy atom. The number of amides is 2. The third-order valence-electron chi connectivity index (χ3n) is 2.67. The summed E-state index contributed by atoms with van der Waals surface area (Å²) in [5.41, 5.74) is 5.81. The first-order chi connectivity index (χ1) is 9.92. The molecule has 116 valence electrons. The molecule has 1 heterocycles. The highest BCUT2D eigenvalue weighted by Crippen LogP contribution is 2.33. The van der Waals surface area contributed by atoms with Gasteiger partial charge < -0.3 is 20.9 Å². The lowest BCUT2D eigenvalue weighted by Crippen LogP contribution is -2.17. The largest absolute Gasteiger partial charge is 0.462 e. The summed E-state index contributed by atoms with van der Waals surface area (Å²) in [5, 5.41) is 11.5. The first kappa shape index (κ1) is 17.1. The summed E-state index contributed by atoms with van der Waals surface area (Å²) < 4.78 is 4.90. The molecule has 0 aliphatic rings. The summed E-state index contributed by atoms with van der Waals surface area (Å²) in [6, 6.07) is 0. The molecule has 0 aliphatic carbocycles. The van der Waals surface area contributed by atoms with E-state index < -0.39 is 11.9 Å². The summed E-state index contributed by atoms with van der Waals surface area (Å²) in [6.07, 6.45) is 0.424. The van der Waals surface area contributed by atoms with Crippen molar-refractivity contribution in [1.82, 2.24) is 0 Å². The van der Waals surface area contributed by atoms with Crippen LogP contribution < -0.4 is 11.1 Å². The zero-order valence-electron chi connectivity index (χ0n) is 11.9. The molecule has 2 amide bonds. The van der Waals surface area contributed by atoms with Gasteiger partial charge in [-0.2, -0.15) is 0 Å². The topological polar surface area (TPSA) is 119 Å². The molecule has 0 saturated carbocycles. The fourth-order valence-electron chi connectivity index (χ4n) is 1.72. The molecule has 1 rings (SSSR count). The molecule has 1 aromatic rings. The molecule has 0 bridgehead atoms. The highest BCUT2D eigenvalue weighted by molar-refractivity contribution is 7.18. The zero-order chi connectivity index (χ0) is 16.0. The fourth-order valence-corrected chi connectivity index (χ4v) is 2.84. The molecule has 4 N–H and O–H groups in total. The number of nitrogens with two attached hydrogens (primary N) is 1. The molecule has 0 spiro atoms. The van der Waals surface area contributed by atoms with Gasteiger partial charge in [0.1, 0.15) is 9.88 Å². The molecular formula is C13H18N2O5S. The van der Waals surface area contributed by atoms with Crippen LogP contribution in [0.3, 0.4) is 0 Å². The summed E-state index contributed by atoms with van der Waals surface area (Å²) >= 11 is 0.954. The quantitative estimate of drug-likeness (QED) is 0.650. The Bertz CT molecular complexity index is 553.